The normalized spacial score (nSPS) is 22.1. The van der Waals surface area contributed by atoms with Crippen molar-refractivity contribution in [3.63, 3.8) is 0 Å². The maximum absolute atomic E-state index is 7.44. The molecule has 0 saturated heterocycles. The number of hydrogen-bond donors (Lipinski definition) is 0. The molecular formula is C25H20Cl2SiTi. The summed E-state index contributed by atoms with van der Waals surface area (Å²) < 4.78 is 0. The van der Waals surface area contributed by atoms with E-state index < -0.39 is 14.4 Å². The van der Waals surface area contributed by atoms with Crippen molar-refractivity contribution in [2.75, 3.05) is 0 Å². The quantitative estimate of drug-likeness (QED) is 0.316. The second-order valence-electron chi connectivity index (χ2n) is 7.61. The minimum absolute atomic E-state index is 0. The van der Waals surface area contributed by atoms with E-state index in [1.807, 2.05) is 0 Å². The third-order valence-corrected chi connectivity index (χ3v) is 9.63. The van der Waals surface area contributed by atoms with Crippen LogP contribution in [0.3, 0.4) is 0 Å². The van der Waals surface area contributed by atoms with Gasteiger partial charge < -0.3 is 0 Å². The van der Waals surface area contributed by atoms with E-state index >= 15 is 0 Å². The van der Waals surface area contributed by atoms with Crippen LogP contribution in [0.4, 0.5) is 0 Å². The summed E-state index contributed by atoms with van der Waals surface area (Å²) >= 11 is 14.3. The molecule has 0 saturated carbocycles. The number of halogens is 2. The fourth-order valence-electron chi connectivity index (χ4n) is 4.44. The summed E-state index contributed by atoms with van der Waals surface area (Å²) in [6.45, 7) is 0. The van der Waals surface area contributed by atoms with Gasteiger partial charge in [-0.05, 0) is 34.2 Å². The van der Waals surface area contributed by atoms with E-state index in [-0.39, 0.29) is 27.1 Å². The van der Waals surface area contributed by atoms with Crippen molar-refractivity contribution < 1.29 is 21.7 Å². The van der Waals surface area contributed by atoms with Crippen molar-refractivity contribution in [3.8, 4) is 0 Å². The molecule has 0 amide bonds. The SMILES string of the molecule is ClC1C([SiH2]C2=Cc3ccccc3C2(Cl)Cc2ccccc2)=Cc2ccccc21.[Ti]. The zero-order valence-corrected chi connectivity index (χ0v) is 20.4. The largest absolute Gasteiger partial charge is 0.113 e. The molecule has 0 aliphatic heterocycles. The minimum atomic E-state index is -0.773. The molecule has 2 aliphatic carbocycles. The number of fused-ring (bicyclic) bond motifs is 2. The first kappa shape index (κ1) is 20.9. The van der Waals surface area contributed by atoms with Crippen LogP contribution in [-0.4, -0.2) is 9.52 Å². The van der Waals surface area contributed by atoms with Crippen LogP contribution >= 0.6 is 23.2 Å². The van der Waals surface area contributed by atoms with E-state index in [1.54, 1.807) is 0 Å². The summed E-state index contributed by atoms with van der Waals surface area (Å²) in [7, 11) is -0.773. The summed E-state index contributed by atoms with van der Waals surface area (Å²) in [5.41, 5.74) is 6.22. The van der Waals surface area contributed by atoms with Crippen LogP contribution in [0, 0.1) is 0 Å². The minimum Gasteiger partial charge on any atom is -0.113 e. The van der Waals surface area contributed by atoms with Gasteiger partial charge in [0.05, 0.1) is 19.8 Å². The Balaban J connectivity index is 0.00000205. The Morgan fingerprint density at radius 2 is 1.45 bits per heavy atom. The van der Waals surface area contributed by atoms with Crippen molar-refractivity contribution in [2.24, 2.45) is 0 Å². The van der Waals surface area contributed by atoms with Gasteiger partial charge in [0.1, 0.15) is 0 Å². The van der Waals surface area contributed by atoms with Crippen LogP contribution in [0.2, 0.25) is 0 Å². The fraction of sp³-hybridized carbons (Fsp3) is 0.120. The Morgan fingerprint density at radius 3 is 2.21 bits per heavy atom. The van der Waals surface area contributed by atoms with Gasteiger partial charge in [-0.25, -0.2) is 0 Å². The molecule has 2 unspecified atom stereocenters. The number of allylic oxidation sites excluding steroid dienone is 2. The summed E-state index contributed by atoms with van der Waals surface area (Å²) in [6, 6.07) is 27.5. The van der Waals surface area contributed by atoms with Crippen molar-refractivity contribution in [3.05, 3.63) is 117 Å². The van der Waals surface area contributed by atoms with Gasteiger partial charge in [0.15, 0.2) is 0 Å². The fourth-order valence-corrected chi connectivity index (χ4v) is 7.60. The number of benzene rings is 3. The molecule has 0 spiro atoms. The van der Waals surface area contributed by atoms with E-state index in [2.05, 4.69) is 91.0 Å². The van der Waals surface area contributed by atoms with E-state index in [9.17, 15) is 0 Å². The predicted molar refractivity (Wildman–Crippen MR) is 124 cm³/mol. The molecule has 2 aliphatic rings. The topological polar surface area (TPSA) is 0 Å². The molecule has 0 aromatic heterocycles. The van der Waals surface area contributed by atoms with Gasteiger partial charge in [-0.2, -0.15) is 0 Å². The Morgan fingerprint density at radius 1 is 0.793 bits per heavy atom. The molecule has 0 bridgehead atoms. The molecule has 0 nitrogen and oxygen atoms in total. The average Bonchev–Trinajstić information content (AvgIpc) is 3.18. The first-order valence-corrected chi connectivity index (χ1v) is 11.8. The number of rotatable bonds is 4. The van der Waals surface area contributed by atoms with Crippen molar-refractivity contribution in [2.45, 2.75) is 16.7 Å². The summed E-state index contributed by atoms with van der Waals surface area (Å²) in [5, 5.41) is 2.70. The van der Waals surface area contributed by atoms with Crippen molar-refractivity contribution in [1.82, 2.24) is 0 Å². The van der Waals surface area contributed by atoms with E-state index in [1.165, 1.54) is 38.2 Å². The van der Waals surface area contributed by atoms with E-state index in [0.717, 1.165) is 6.42 Å². The molecule has 0 heterocycles. The van der Waals surface area contributed by atoms with Crippen LogP contribution < -0.4 is 0 Å². The Bertz CT molecular complexity index is 1110. The molecule has 5 rings (SSSR count). The summed E-state index contributed by atoms with van der Waals surface area (Å²) in [5.74, 6) is 0. The van der Waals surface area contributed by atoms with Gasteiger partial charge in [0.25, 0.3) is 0 Å². The third-order valence-electron chi connectivity index (χ3n) is 5.85. The second-order valence-corrected chi connectivity index (χ2v) is 10.6. The van der Waals surface area contributed by atoms with Crippen molar-refractivity contribution >= 4 is 44.9 Å². The van der Waals surface area contributed by atoms with Crippen LogP contribution in [0.25, 0.3) is 12.2 Å². The number of alkyl halides is 2. The first-order chi connectivity index (χ1) is 13.6. The average molecular weight is 467 g/mol. The zero-order chi connectivity index (χ0) is 19.1. The Kier molecular flexibility index (Phi) is 6.07. The smallest absolute Gasteiger partial charge is 0.0916 e. The molecule has 29 heavy (non-hydrogen) atoms. The molecule has 0 radical (unpaired) electrons. The van der Waals surface area contributed by atoms with Gasteiger partial charge in [-0.1, -0.05) is 101 Å². The van der Waals surface area contributed by atoms with Crippen LogP contribution in [0.1, 0.15) is 33.2 Å². The van der Waals surface area contributed by atoms with Gasteiger partial charge in [-0.3, -0.25) is 0 Å². The molecule has 3 aromatic rings. The Hall–Kier alpha value is -1.35. The molecule has 0 fully saturated rings. The van der Waals surface area contributed by atoms with Gasteiger partial charge in [0, 0.05) is 21.7 Å². The van der Waals surface area contributed by atoms with Crippen LogP contribution in [-0.2, 0) is 33.0 Å². The zero-order valence-electron chi connectivity index (χ0n) is 15.9. The summed E-state index contributed by atoms with van der Waals surface area (Å²) in [6.07, 6.45) is 5.42. The van der Waals surface area contributed by atoms with Gasteiger partial charge in [-0.15, -0.1) is 23.2 Å². The van der Waals surface area contributed by atoms with E-state index in [4.69, 9.17) is 23.2 Å². The summed E-state index contributed by atoms with van der Waals surface area (Å²) in [4.78, 5) is -0.476. The van der Waals surface area contributed by atoms with Crippen molar-refractivity contribution in [1.29, 1.82) is 0 Å². The molecule has 3 aromatic carbocycles. The number of hydrogen-bond acceptors (Lipinski definition) is 0. The Labute approximate surface area is 199 Å². The molecule has 4 heteroatoms. The second kappa shape index (κ2) is 8.41. The standard InChI is InChI=1S/C25H20Cl2Si.Ti/c26-24-20-12-6-4-10-18(20)14-22(24)28-23-15-19-11-5-7-13-21(19)25(23,27)16-17-8-2-1-3-9-17;/h1-15,24H,16,28H2;. The van der Waals surface area contributed by atoms with E-state index in [0.29, 0.717) is 0 Å². The third kappa shape index (κ3) is 3.76. The first-order valence-electron chi connectivity index (χ1n) is 9.62. The molecule has 2 atom stereocenters. The molecular weight excluding hydrogens is 447 g/mol. The van der Waals surface area contributed by atoms with Crippen LogP contribution in [0.15, 0.2) is 89.3 Å². The molecule has 0 N–H and O–H groups in total. The van der Waals surface area contributed by atoms with Gasteiger partial charge in [0.2, 0.25) is 0 Å². The maximum Gasteiger partial charge on any atom is 0.0916 e. The predicted octanol–water partition coefficient (Wildman–Crippen LogP) is 6.22. The van der Waals surface area contributed by atoms with Gasteiger partial charge >= 0.3 is 0 Å². The van der Waals surface area contributed by atoms with Crippen LogP contribution in [0.5, 0.6) is 0 Å². The monoisotopic (exact) mass is 466 g/mol. The maximum atomic E-state index is 7.44. The molecule has 142 valence electrons.